The first kappa shape index (κ1) is 17.2. The summed E-state index contributed by atoms with van der Waals surface area (Å²) in [6.07, 6.45) is 5.72. The highest BCUT2D eigenvalue weighted by atomic mass is 15.3. The normalized spacial score (nSPS) is 13.2. The van der Waals surface area contributed by atoms with Crippen molar-refractivity contribution in [2.75, 3.05) is 7.05 Å². The maximum atomic E-state index is 4.89. The molecular formula is C17H33N3. The van der Waals surface area contributed by atoms with Crippen LogP contribution in [0.15, 0.2) is 0 Å². The van der Waals surface area contributed by atoms with Gasteiger partial charge in [-0.15, -0.1) is 0 Å². The summed E-state index contributed by atoms with van der Waals surface area (Å²) in [5.74, 6) is 0.779. The van der Waals surface area contributed by atoms with Crippen molar-refractivity contribution in [2.24, 2.45) is 5.92 Å². The van der Waals surface area contributed by atoms with E-state index < -0.39 is 0 Å². The van der Waals surface area contributed by atoms with E-state index in [4.69, 9.17) is 5.10 Å². The zero-order valence-corrected chi connectivity index (χ0v) is 14.3. The number of rotatable bonds is 9. The van der Waals surface area contributed by atoms with Crippen LogP contribution in [0.25, 0.3) is 0 Å². The Kier molecular flexibility index (Phi) is 7.28. The molecule has 1 rings (SSSR count). The molecule has 1 unspecified atom stereocenters. The molecule has 1 heterocycles. The van der Waals surface area contributed by atoms with E-state index in [2.05, 4.69) is 51.7 Å². The maximum absolute atomic E-state index is 4.89. The summed E-state index contributed by atoms with van der Waals surface area (Å²) in [5.41, 5.74) is 4.18. The van der Waals surface area contributed by atoms with Crippen LogP contribution in [0.3, 0.4) is 0 Å². The second-order valence-corrected chi connectivity index (χ2v) is 6.02. The zero-order chi connectivity index (χ0) is 15.1. The average molecular weight is 279 g/mol. The van der Waals surface area contributed by atoms with Gasteiger partial charge in [0, 0.05) is 23.8 Å². The zero-order valence-electron chi connectivity index (χ0n) is 14.3. The lowest BCUT2D eigenvalue weighted by molar-refractivity contribution is 0.477. The molecule has 20 heavy (non-hydrogen) atoms. The summed E-state index contributed by atoms with van der Waals surface area (Å²) in [4.78, 5) is 0. The molecule has 0 aliphatic carbocycles. The number of nitrogens with zero attached hydrogens (tertiary/aromatic N) is 2. The van der Waals surface area contributed by atoms with Crippen LogP contribution < -0.4 is 5.32 Å². The van der Waals surface area contributed by atoms with Gasteiger partial charge >= 0.3 is 0 Å². The second kappa shape index (κ2) is 8.46. The molecule has 0 aliphatic rings. The van der Waals surface area contributed by atoms with Gasteiger partial charge in [0.05, 0.1) is 5.69 Å². The minimum Gasteiger partial charge on any atom is -0.313 e. The van der Waals surface area contributed by atoms with Gasteiger partial charge in [-0.3, -0.25) is 4.68 Å². The van der Waals surface area contributed by atoms with E-state index in [9.17, 15) is 0 Å². The molecule has 3 heteroatoms. The molecule has 1 aromatic heterocycles. The number of aryl methyl sites for hydroxylation is 2. The van der Waals surface area contributed by atoms with Gasteiger partial charge in [0.25, 0.3) is 0 Å². The molecule has 0 aromatic carbocycles. The molecule has 0 aliphatic heterocycles. The molecule has 0 amide bonds. The molecule has 1 aromatic rings. The number of aromatic nitrogens is 2. The van der Waals surface area contributed by atoms with Crippen LogP contribution in [0, 0.1) is 5.92 Å². The Morgan fingerprint density at radius 3 is 2.30 bits per heavy atom. The molecule has 0 fully saturated rings. The van der Waals surface area contributed by atoms with Crippen LogP contribution in [0.4, 0.5) is 0 Å². The Hall–Kier alpha value is -0.830. The lowest BCUT2D eigenvalue weighted by Crippen LogP contribution is -2.18. The van der Waals surface area contributed by atoms with Crippen LogP contribution in [0.2, 0.25) is 0 Å². The third-order valence-electron chi connectivity index (χ3n) is 4.10. The number of hydrogen-bond acceptors (Lipinski definition) is 2. The number of nitrogens with one attached hydrogen (secondary N) is 1. The molecule has 3 nitrogen and oxygen atoms in total. The van der Waals surface area contributed by atoms with Gasteiger partial charge in [0.1, 0.15) is 0 Å². The Morgan fingerprint density at radius 2 is 1.85 bits per heavy atom. The average Bonchev–Trinajstić information content (AvgIpc) is 2.78. The van der Waals surface area contributed by atoms with Crippen molar-refractivity contribution in [1.82, 2.24) is 15.1 Å². The SMILES string of the molecule is CCc1nn(CCCC(C)C)c(CC)c1C(CC)NC. The highest BCUT2D eigenvalue weighted by molar-refractivity contribution is 5.30. The van der Waals surface area contributed by atoms with Crippen LogP contribution in [-0.2, 0) is 19.4 Å². The van der Waals surface area contributed by atoms with Crippen LogP contribution in [0.1, 0.15) is 76.9 Å². The van der Waals surface area contributed by atoms with E-state index in [0.29, 0.717) is 6.04 Å². The third kappa shape index (κ3) is 4.08. The topological polar surface area (TPSA) is 29.9 Å². The van der Waals surface area contributed by atoms with Gasteiger partial charge in [-0.25, -0.2) is 0 Å². The fourth-order valence-corrected chi connectivity index (χ4v) is 2.99. The Bertz CT molecular complexity index is 389. The predicted molar refractivity (Wildman–Crippen MR) is 87.1 cm³/mol. The molecule has 1 N–H and O–H groups in total. The quantitative estimate of drug-likeness (QED) is 0.737. The van der Waals surface area contributed by atoms with Gasteiger partial charge in [-0.2, -0.15) is 5.10 Å². The lowest BCUT2D eigenvalue weighted by atomic mass is 9.99. The van der Waals surface area contributed by atoms with Gasteiger partial charge < -0.3 is 5.32 Å². The first-order valence-electron chi connectivity index (χ1n) is 8.34. The number of hydrogen-bond donors (Lipinski definition) is 1. The third-order valence-corrected chi connectivity index (χ3v) is 4.10. The molecule has 1 atom stereocenters. The molecule has 0 saturated carbocycles. The molecular weight excluding hydrogens is 246 g/mol. The van der Waals surface area contributed by atoms with Crippen molar-refractivity contribution < 1.29 is 0 Å². The summed E-state index contributed by atoms with van der Waals surface area (Å²) < 4.78 is 2.27. The molecule has 0 bridgehead atoms. The van der Waals surface area contributed by atoms with E-state index >= 15 is 0 Å². The van der Waals surface area contributed by atoms with Crippen LogP contribution >= 0.6 is 0 Å². The van der Waals surface area contributed by atoms with E-state index in [-0.39, 0.29) is 0 Å². The van der Waals surface area contributed by atoms with Gasteiger partial charge in [0.15, 0.2) is 0 Å². The Balaban J connectivity index is 3.00. The van der Waals surface area contributed by atoms with Crippen LogP contribution in [0.5, 0.6) is 0 Å². The molecule has 0 spiro atoms. The first-order valence-corrected chi connectivity index (χ1v) is 8.34. The monoisotopic (exact) mass is 279 g/mol. The van der Waals surface area contributed by atoms with Crippen molar-refractivity contribution in [3.63, 3.8) is 0 Å². The maximum Gasteiger partial charge on any atom is 0.0672 e. The van der Waals surface area contributed by atoms with E-state index in [0.717, 1.165) is 31.7 Å². The fourth-order valence-electron chi connectivity index (χ4n) is 2.99. The standard InChI is InChI=1S/C17H33N3/c1-7-14(18-6)17-15(8-2)19-20(16(17)9-3)12-10-11-13(4)5/h13-14,18H,7-12H2,1-6H3. The van der Waals surface area contributed by atoms with E-state index in [1.807, 2.05) is 0 Å². The van der Waals surface area contributed by atoms with Gasteiger partial charge in [0.2, 0.25) is 0 Å². The van der Waals surface area contributed by atoms with Gasteiger partial charge in [-0.1, -0.05) is 34.6 Å². The lowest BCUT2D eigenvalue weighted by Gasteiger charge is -2.16. The molecule has 116 valence electrons. The summed E-state index contributed by atoms with van der Waals surface area (Å²) in [6.45, 7) is 12.4. The van der Waals surface area contributed by atoms with E-state index in [1.54, 1.807) is 0 Å². The summed E-state index contributed by atoms with van der Waals surface area (Å²) in [7, 11) is 2.06. The molecule has 0 saturated heterocycles. The first-order chi connectivity index (χ1) is 9.58. The van der Waals surface area contributed by atoms with Crippen molar-refractivity contribution in [1.29, 1.82) is 0 Å². The summed E-state index contributed by atoms with van der Waals surface area (Å²) in [6, 6.07) is 0.443. The van der Waals surface area contributed by atoms with Crippen LogP contribution in [-0.4, -0.2) is 16.8 Å². The summed E-state index contributed by atoms with van der Waals surface area (Å²) >= 11 is 0. The Labute approximate surface area is 125 Å². The second-order valence-electron chi connectivity index (χ2n) is 6.02. The van der Waals surface area contributed by atoms with Crippen molar-refractivity contribution >= 4 is 0 Å². The minimum atomic E-state index is 0.443. The Morgan fingerprint density at radius 1 is 1.15 bits per heavy atom. The minimum absolute atomic E-state index is 0.443. The largest absolute Gasteiger partial charge is 0.313 e. The van der Waals surface area contributed by atoms with Crippen molar-refractivity contribution in [3.8, 4) is 0 Å². The van der Waals surface area contributed by atoms with Gasteiger partial charge in [-0.05, 0) is 45.1 Å². The fraction of sp³-hybridized carbons (Fsp3) is 0.824. The molecule has 0 radical (unpaired) electrons. The summed E-state index contributed by atoms with van der Waals surface area (Å²) in [5, 5.41) is 8.34. The van der Waals surface area contributed by atoms with Crippen molar-refractivity contribution in [3.05, 3.63) is 17.0 Å². The van der Waals surface area contributed by atoms with Crippen molar-refractivity contribution in [2.45, 2.75) is 79.3 Å². The predicted octanol–water partition coefficient (Wildman–Crippen LogP) is 4.11. The highest BCUT2D eigenvalue weighted by Crippen LogP contribution is 2.26. The highest BCUT2D eigenvalue weighted by Gasteiger charge is 2.21. The smallest absolute Gasteiger partial charge is 0.0672 e. The van der Waals surface area contributed by atoms with E-state index in [1.165, 1.54) is 29.8 Å².